The Bertz CT molecular complexity index is 474. The minimum absolute atomic E-state index is 0.0485. The molecule has 5 heteroatoms. The van der Waals surface area contributed by atoms with E-state index >= 15 is 0 Å². The van der Waals surface area contributed by atoms with Crippen molar-refractivity contribution in [3.63, 3.8) is 0 Å². The molecule has 1 aliphatic rings. The first-order valence-corrected chi connectivity index (χ1v) is 7.10. The van der Waals surface area contributed by atoms with E-state index in [1.807, 2.05) is 13.0 Å². The van der Waals surface area contributed by atoms with Crippen molar-refractivity contribution >= 4 is 11.6 Å². The van der Waals surface area contributed by atoms with Crippen molar-refractivity contribution in [1.82, 2.24) is 10.6 Å². The number of carbonyl (C=O) groups excluding carboxylic acids is 1. The molecular weight excluding hydrogens is 257 g/mol. The van der Waals surface area contributed by atoms with Crippen LogP contribution in [0.1, 0.15) is 25.3 Å². The number of para-hydroxylation sites is 1. The summed E-state index contributed by atoms with van der Waals surface area (Å²) in [5, 5.41) is 6.11. The molecule has 110 valence electrons. The van der Waals surface area contributed by atoms with E-state index in [4.69, 9.17) is 0 Å². The second-order valence-corrected chi connectivity index (χ2v) is 5.23. The van der Waals surface area contributed by atoms with Gasteiger partial charge in [0.05, 0.1) is 12.2 Å². The SMILES string of the molecule is CCNCc1cccc(F)c1N(C)CC(=O)NC1CC1. The minimum atomic E-state index is -0.290. The predicted molar refractivity (Wildman–Crippen MR) is 78.2 cm³/mol. The lowest BCUT2D eigenvalue weighted by atomic mass is 10.1. The third-order valence-electron chi connectivity index (χ3n) is 3.34. The smallest absolute Gasteiger partial charge is 0.239 e. The Morgan fingerprint density at radius 1 is 1.45 bits per heavy atom. The van der Waals surface area contributed by atoms with Gasteiger partial charge in [-0.1, -0.05) is 19.1 Å². The van der Waals surface area contributed by atoms with E-state index < -0.39 is 0 Å². The number of halogens is 1. The highest BCUT2D eigenvalue weighted by molar-refractivity contribution is 5.82. The van der Waals surface area contributed by atoms with Crippen molar-refractivity contribution in [2.24, 2.45) is 0 Å². The Hall–Kier alpha value is -1.62. The summed E-state index contributed by atoms with van der Waals surface area (Å²) in [6, 6.07) is 5.35. The lowest BCUT2D eigenvalue weighted by molar-refractivity contribution is -0.119. The predicted octanol–water partition coefficient (Wildman–Crippen LogP) is 1.65. The number of hydrogen-bond donors (Lipinski definition) is 2. The molecule has 0 atom stereocenters. The molecule has 0 saturated heterocycles. The van der Waals surface area contributed by atoms with Crippen LogP contribution >= 0.6 is 0 Å². The lowest BCUT2D eigenvalue weighted by Gasteiger charge is -2.22. The number of hydrogen-bond acceptors (Lipinski definition) is 3. The summed E-state index contributed by atoms with van der Waals surface area (Å²) < 4.78 is 14.1. The molecule has 0 aliphatic heterocycles. The average molecular weight is 279 g/mol. The first-order chi connectivity index (χ1) is 9.61. The molecule has 0 spiro atoms. The molecule has 1 aliphatic carbocycles. The summed E-state index contributed by atoms with van der Waals surface area (Å²) in [6.45, 7) is 3.60. The average Bonchev–Trinajstić information content (AvgIpc) is 3.19. The molecule has 1 amide bonds. The fraction of sp³-hybridized carbons (Fsp3) is 0.533. The van der Waals surface area contributed by atoms with Gasteiger partial charge in [0.15, 0.2) is 0 Å². The molecule has 0 heterocycles. The number of amides is 1. The minimum Gasteiger partial charge on any atom is -0.363 e. The zero-order chi connectivity index (χ0) is 14.5. The molecule has 0 aromatic heterocycles. The van der Waals surface area contributed by atoms with E-state index in [1.165, 1.54) is 6.07 Å². The molecule has 1 saturated carbocycles. The monoisotopic (exact) mass is 279 g/mol. The Morgan fingerprint density at radius 3 is 2.85 bits per heavy atom. The van der Waals surface area contributed by atoms with Gasteiger partial charge in [0.2, 0.25) is 5.91 Å². The standard InChI is InChI=1S/C15H22FN3O/c1-3-17-9-11-5-4-6-13(16)15(11)19(2)10-14(20)18-12-7-8-12/h4-6,12,17H,3,7-10H2,1-2H3,(H,18,20). The van der Waals surface area contributed by atoms with Crippen LogP contribution in [0.2, 0.25) is 0 Å². The molecule has 1 aromatic carbocycles. The zero-order valence-corrected chi connectivity index (χ0v) is 12.1. The van der Waals surface area contributed by atoms with Crippen LogP contribution in [0.15, 0.2) is 18.2 Å². The second kappa shape index (κ2) is 6.70. The van der Waals surface area contributed by atoms with E-state index in [1.54, 1.807) is 18.0 Å². The van der Waals surface area contributed by atoms with Gasteiger partial charge in [-0.25, -0.2) is 4.39 Å². The number of carbonyl (C=O) groups is 1. The number of likely N-dealkylation sites (N-methyl/N-ethyl adjacent to an activating group) is 1. The maximum atomic E-state index is 14.1. The van der Waals surface area contributed by atoms with Crippen molar-refractivity contribution in [3.8, 4) is 0 Å². The number of rotatable bonds is 7. The van der Waals surface area contributed by atoms with Crippen LogP contribution in [0.3, 0.4) is 0 Å². The molecule has 0 radical (unpaired) electrons. The lowest BCUT2D eigenvalue weighted by Crippen LogP contribution is -2.37. The number of benzene rings is 1. The Kier molecular flexibility index (Phi) is 4.95. The van der Waals surface area contributed by atoms with E-state index in [0.29, 0.717) is 18.3 Å². The fourth-order valence-corrected chi connectivity index (χ4v) is 2.19. The van der Waals surface area contributed by atoms with Gasteiger partial charge < -0.3 is 15.5 Å². The molecule has 0 unspecified atom stereocenters. The van der Waals surface area contributed by atoms with Crippen molar-refractivity contribution in [2.75, 3.05) is 25.0 Å². The zero-order valence-electron chi connectivity index (χ0n) is 12.1. The van der Waals surface area contributed by atoms with Gasteiger partial charge in [0.25, 0.3) is 0 Å². The summed E-state index contributed by atoms with van der Waals surface area (Å²) in [4.78, 5) is 13.5. The molecule has 4 nitrogen and oxygen atoms in total. The molecule has 2 N–H and O–H groups in total. The van der Waals surface area contributed by atoms with E-state index in [0.717, 1.165) is 24.9 Å². The molecule has 20 heavy (non-hydrogen) atoms. The third-order valence-corrected chi connectivity index (χ3v) is 3.34. The van der Waals surface area contributed by atoms with Crippen molar-refractivity contribution in [3.05, 3.63) is 29.6 Å². The number of nitrogens with one attached hydrogen (secondary N) is 2. The Morgan fingerprint density at radius 2 is 2.20 bits per heavy atom. The van der Waals surface area contributed by atoms with Gasteiger partial charge in [-0.2, -0.15) is 0 Å². The van der Waals surface area contributed by atoms with Crippen molar-refractivity contribution < 1.29 is 9.18 Å². The van der Waals surface area contributed by atoms with Gasteiger partial charge in [-0.05, 0) is 31.0 Å². The van der Waals surface area contributed by atoms with Crippen LogP contribution in [0.25, 0.3) is 0 Å². The fourth-order valence-electron chi connectivity index (χ4n) is 2.19. The van der Waals surface area contributed by atoms with E-state index in [9.17, 15) is 9.18 Å². The van der Waals surface area contributed by atoms with Gasteiger partial charge in [0.1, 0.15) is 5.82 Å². The second-order valence-electron chi connectivity index (χ2n) is 5.23. The maximum absolute atomic E-state index is 14.1. The molecule has 0 bridgehead atoms. The topological polar surface area (TPSA) is 44.4 Å². The third kappa shape index (κ3) is 3.93. The summed E-state index contributed by atoms with van der Waals surface area (Å²) >= 11 is 0. The quantitative estimate of drug-likeness (QED) is 0.797. The van der Waals surface area contributed by atoms with Crippen LogP contribution in [0.4, 0.5) is 10.1 Å². The van der Waals surface area contributed by atoms with E-state index in [-0.39, 0.29) is 18.3 Å². The number of nitrogens with zero attached hydrogens (tertiary/aromatic N) is 1. The highest BCUT2D eigenvalue weighted by atomic mass is 19.1. The van der Waals surface area contributed by atoms with Gasteiger partial charge >= 0.3 is 0 Å². The molecule has 1 aromatic rings. The normalized spacial score (nSPS) is 14.2. The van der Waals surface area contributed by atoms with Crippen molar-refractivity contribution in [2.45, 2.75) is 32.4 Å². The van der Waals surface area contributed by atoms with Crippen LogP contribution in [0, 0.1) is 5.82 Å². The van der Waals surface area contributed by atoms with E-state index in [2.05, 4.69) is 10.6 Å². The maximum Gasteiger partial charge on any atom is 0.239 e. The van der Waals surface area contributed by atoms with Gasteiger partial charge in [-0.3, -0.25) is 4.79 Å². The summed E-state index contributed by atoms with van der Waals surface area (Å²) in [5.74, 6) is -0.338. The first-order valence-electron chi connectivity index (χ1n) is 7.10. The first kappa shape index (κ1) is 14.8. The summed E-state index contributed by atoms with van der Waals surface area (Å²) in [7, 11) is 1.75. The molecule has 2 rings (SSSR count). The highest BCUT2D eigenvalue weighted by Crippen LogP contribution is 2.24. The summed E-state index contributed by atoms with van der Waals surface area (Å²) in [6.07, 6.45) is 2.11. The molecule has 1 fully saturated rings. The Labute approximate surface area is 119 Å². The van der Waals surface area contributed by atoms with Crippen LogP contribution < -0.4 is 15.5 Å². The van der Waals surface area contributed by atoms with Gasteiger partial charge in [0, 0.05) is 19.6 Å². The summed E-state index contributed by atoms with van der Waals surface area (Å²) in [5.41, 5.74) is 1.37. The number of anilines is 1. The Balaban J connectivity index is 2.06. The molecular formula is C15H22FN3O. The van der Waals surface area contributed by atoms with Crippen LogP contribution in [-0.2, 0) is 11.3 Å². The van der Waals surface area contributed by atoms with Gasteiger partial charge in [-0.15, -0.1) is 0 Å². The largest absolute Gasteiger partial charge is 0.363 e. The van der Waals surface area contributed by atoms with Crippen LogP contribution in [-0.4, -0.2) is 32.1 Å². The van der Waals surface area contributed by atoms with Crippen LogP contribution in [0.5, 0.6) is 0 Å². The van der Waals surface area contributed by atoms with Crippen molar-refractivity contribution in [1.29, 1.82) is 0 Å². The highest BCUT2D eigenvalue weighted by Gasteiger charge is 2.24.